The van der Waals surface area contributed by atoms with Gasteiger partial charge in [-0.15, -0.1) is 0 Å². The number of rotatable bonds is 5. The summed E-state index contributed by atoms with van der Waals surface area (Å²) in [5.74, 6) is -3.60. The summed E-state index contributed by atoms with van der Waals surface area (Å²) in [7, 11) is 0. The summed E-state index contributed by atoms with van der Waals surface area (Å²) in [6.07, 6.45) is 1.08. The van der Waals surface area contributed by atoms with Crippen molar-refractivity contribution in [2.75, 3.05) is 5.32 Å². The van der Waals surface area contributed by atoms with Gasteiger partial charge in [-0.05, 0) is 55.7 Å². The Morgan fingerprint density at radius 3 is 2.38 bits per heavy atom. The van der Waals surface area contributed by atoms with E-state index in [1.807, 2.05) is 0 Å². The molecule has 0 aliphatic heterocycles. The van der Waals surface area contributed by atoms with E-state index >= 15 is 4.39 Å². The molecule has 3 N–H and O–H groups in total. The van der Waals surface area contributed by atoms with Crippen LogP contribution in [-0.4, -0.2) is 37.1 Å². The number of nitrogens with zero attached hydrogens (tertiary/aromatic N) is 3. The first kappa shape index (κ1) is 25.2. The highest BCUT2D eigenvalue weighted by molar-refractivity contribution is 5.92. The number of hydrogen-bond donors (Lipinski definition) is 3. The maximum atomic E-state index is 16.0. The monoisotopic (exact) mass is 543 g/mol. The molecule has 12 heteroatoms. The van der Waals surface area contributed by atoms with Crippen molar-refractivity contribution in [3.63, 3.8) is 0 Å². The van der Waals surface area contributed by atoms with Crippen LogP contribution in [0.1, 0.15) is 31.2 Å². The molecule has 0 radical (unpaired) electrons. The third-order valence-electron chi connectivity index (χ3n) is 7.88. The van der Waals surface area contributed by atoms with E-state index in [9.17, 15) is 27.5 Å². The normalized spacial score (nSPS) is 22.8. The molecule has 3 aliphatic rings. The molecule has 4 aromatic rings. The van der Waals surface area contributed by atoms with Crippen molar-refractivity contribution in [3.8, 4) is 22.6 Å². The van der Waals surface area contributed by atoms with Gasteiger partial charge in [-0.2, -0.15) is 13.2 Å². The number of alkyl halides is 3. The molecule has 3 fully saturated rings. The SMILES string of the molecule is O=C(O)C1C2CCC(CC2)C1Nc1nc(-c2c[nH]c3ncc(F)cc23)nc(-c2ccc(C(F)(F)F)cc2)c1F. The zero-order valence-electron chi connectivity index (χ0n) is 20.3. The summed E-state index contributed by atoms with van der Waals surface area (Å²) in [5, 5.41) is 13.3. The van der Waals surface area contributed by atoms with E-state index in [0.29, 0.717) is 16.6 Å². The number of nitrogens with one attached hydrogen (secondary N) is 2. The summed E-state index contributed by atoms with van der Waals surface area (Å²) in [4.78, 5) is 27.7. The lowest BCUT2D eigenvalue weighted by molar-refractivity contribution is -0.148. The number of aromatic amines is 1. The molecule has 3 aromatic heterocycles. The second-order valence-electron chi connectivity index (χ2n) is 10.1. The number of hydrogen-bond acceptors (Lipinski definition) is 5. The minimum atomic E-state index is -4.58. The minimum absolute atomic E-state index is 0.00480. The van der Waals surface area contributed by atoms with Gasteiger partial charge in [0.25, 0.3) is 0 Å². The number of carbonyl (C=O) groups is 1. The highest BCUT2D eigenvalue weighted by Gasteiger charge is 2.47. The van der Waals surface area contributed by atoms with E-state index in [0.717, 1.165) is 56.1 Å². The first-order chi connectivity index (χ1) is 18.6. The predicted molar refractivity (Wildman–Crippen MR) is 131 cm³/mol. The Morgan fingerprint density at radius 2 is 1.72 bits per heavy atom. The molecule has 3 heterocycles. The van der Waals surface area contributed by atoms with E-state index in [1.54, 1.807) is 0 Å². The molecule has 7 rings (SSSR count). The van der Waals surface area contributed by atoms with Gasteiger partial charge in [0.05, 0.1) is 17.7 Å². The van der Waals surface area contributed by atoms with E-state index in [-0.39, 0.29) is 34.7 Å². The number of anilines is 1. The molecule has 1 aromatic carbocycles. The molecule has 0 amide bonds. The number of fused-ring (bicyclic) bond motifs is 4. The fraction of sp³-hybridized carbons (Fsp3) is 0.333. The highest BCUT2D eigenvalue weighted by Crippen LogP contribution is 2.47. The van der Waals surface area contributed by atoms with Crippen molar-refractivity contribution in [1.29, 1.82) is 0 Å². The molecule has 202 valence electrons. The van der Waals surface area contributed by atoms with Crippen LogP contribution in [-0.2, 0) is 11.0 Å². The van der Waals surface area contributed by atoms with Gasteiger partial charge in [0.15, 0.2) is 17.5 Å². The van der Waals surface area contributed by atoms with E-state index in [2.05, 4.69) is 25.3 Å². The molecule has 2 atom stereocenters. The molecule has 0 saturated heterocycles. The maximum absolute atomic E-state index is 16.0. The predicted octanol–water partition coefficient (Wildman–Crippen LogP) is 6.29. The summed E-state index contributed by atoms with van der Waals surface area (Å²) in [6, 6.07) is 4.51. The van der Waals surface area contributed by atoms with Crippen LogP contribution < -0.4 is 5.32 Å². The van der Waals surface area contributed by atoms with Gasteiger partial charge in [-0.3, -0.25) is 4.79 Å². The van der Waals surface area contributed by atoms with E-state index < -0.39 is 41.3 Å². The summed E-state index contributed by atoms with van der Waals surface area (Å²) in [5.41, 5.74) is -0.479. The van der Waals surface area contributed by atoms with Crippen LogP contribution >= 0.6 is 0 Å². The van der Waals surface area contributed by atoms with Crippen LogP contribution in [0.15, 0.2) is 42.7 Å². The Kier molecular flexibility index (Phi) is 6.00. The molecular formula is C27H22F5N5O2. The Morgan fingerprint density at radius 1 is 1.03 bits per heavy atom. The number of aliphatic carboxylic acids is 1. The van der Waals surface area contributed by atoms with E-state index in [1.165, 1.54) is 12.3 Å². The molecule has 0 spiro atoms. The molecule has 2 unspecified atom stereocenters. The molecule has 3 aliphatic carbocycles. The highest BCUT2D eigenvalue weighted by atomic mass is 19.4. The van der Waals surface area contributed by atoms with Crippen LogP contribution in [0.25, 0.3) is 33.7 Å². The average Bonchev–Trinajstić information content (AvgIpc) is 3.33. The third kappa shape index (κ3) is 4.47. The first-order valence-corrected chi connectivity index (χ1v) is 12.5. The molecule has 7 nitrogen and oxygen atoms in total. The van der Waals surface area contributed by atoms with Crippen LogP contribution in [0.5, 0.6) is 0 Å². The zero-order valence-corrected chi connectivity index (χ0v) is 20.3. The first-order valence-electron chi connectivity index (χ1n) is 12.5. The second-order valence-corrected chi connectivity index (χ2v) is 10.1. The van der Waals surface area contributed by atoms with Gasteiger partial charge >= 0.3 is 12.1 Å². The number of benzene rings is 1. The number of pyridine rings is 1. The fourth-order valence-electron chi connectivity index (χ4n) is 6.00. The van der Waals surface area contributed by atoms with Crippen LogP contribution in [0, 0.1) is 29.4 Å². The smallest absolute Gasteiger partial charge is 0.416 e. The Bertz CT molecular complexity index is 1560. The Balaban J connectivity index is 1.49. The van der Waals surface area contributed by atoms with Crippen LogP contribution in [0.2, 0.25) is 0 Å². The standard InChI is InChI=1S/C27H22F5N5O2/c28-16-9-17-18(11-34-23(17)33-10-16)24-36-22(14-5-7-15(8-6-14)27(30,31)32)20(29)25(37-24)35-21-13-3-1-12(2-4-13)19(21)26(38)39/h5-13,19,21H,1-4H2,(H,33,34)(H,38,39)(H,35,36,37). The molecule has 2 bridgehead atoms. The Labute approximate surface area is 218 Å². The van der Waals surface area contributed by atoms with Crippen molar-refractivity contribution in [1.82, 2.24) is 19.9 Å². The molecule has 39 heavy (non-hydrogen) atoms. The quantitative estimate of drug-likeness (QED) is 0.256. The van der Waals surface area contributed by atoms with Crippen LogP contribution in [0.4, 0.5) is 27.8 Å². The van der Waals surface area contributed by atoms with Gasteiger partial charge in [-0.25, -0.2) is 23.7 Å². The van der Waals surface area contributed by atoms with Crippen molar-refractivity contribution in [2.24, 2.45) is 17.8 Å². The van der Waals surface area contributed by atoms with Crippen molar-refractivity contribution in [2.45, 2.75) is 37.9 Å². The largest absolute Gasteiger partial charge is 0.481 e. The lowest BCUT2D eigenvalue weighted by Crippen LogP contribution is -2.51. The third-order valence-corrected chi connectivity index (χ3v) is 7.88. The van der Waals surface area contributed by atoms with Crippen molar-refractivity contribution >= 4 is 22.8 Å². The number of aromatic nitrogens is 4. The van der Waals surface area contributed by atoms with Gasteiger partial charge < -0.3 is 15.4 Å². The summed E-state index contributed by atoms with van der Waals surface area (Å²) in [6.45, 7) is 0. The number of H-pyrrole nitrogens is 1. The minimum Gasteiger partial charge on any atom is -0.481 e. The maximum Gasteiger partial charge on any atom is 0.416 e. The topological polar surface area (TPSA) is 104 Å². The van der Waals surface area contributed by atoms with Gasteiger partial charge in [0, 0.05) is 28.8 Å². The fourth-order valence-corrected chi connectivity index (χ4v) is 6.00. The summed E-state index contributed by atoms with van der Waals surface area (Å²) >= 11 is 0. The average molecular weight is 543 g/mol. The lowest BCUT2D eigenvalue weighted by Gasteiger charge is -2.47. The molecular weight excluding hydrogens is 521 g/mol. The molecule has 3 saturated carbocycles. The van der Waals surface area contributed by atoms with E-state index in [4.69, 9.17) is 0 Å². The number of carboxylic acids is 1. The summed E-state index contributed by atoms with van der Waals surface area (Å²) < 4.78 is 69.4. The second kappa shape index (κ2) is 9.28. The van der Waals surface area contributed by atoms with Crippen LogP contribution in [0.3, 0.4) is 0 Å². The van der Waals surface area contributed by atoms with Gasteiger partial charge in [0.2, 0.25) is 0 Å². The van der Waals surface area contributed by atoms with Gasteiger partial charge in [-0.1, -0.05) is 12.1 Å². The van der Waals surface area contributed by atoms with Gasteiger partial charge in [0.1, 0.15) is 17.2 Å². The lowest BCUT2D eigenvalue weighted by atomic mass is 9.61. The number of carboxylic acid groups (broad SMARTS) is 1. The van der Waals surface area contributed by atoms with Crippen molar-refractivity contribution in [3.05, 3.63) is 59.9 Å². The number of halogens is 5. The Hall–Kier alpha value is -4.09. The zero-order chi connectivity index (χ0) is 27.5. The van der Waals surface area contributed by atoms with Crippen molar-refractivity contribution < 1.29 is 31.9 Å².